The molecule has 0 bridgehead atoms. The summed E-state index contributed by atoms with van der Waals surface area (Å²) in [4.78, 5) is 16.1. The molecule has 0 radical (unpaired) electrons. The molecule has 0 fully saturated rings. The highest BCUT2D eigenvalue weighted by molar-refractivity contribution is 5.85. The van der Waals surface area contributed by atoms with Gasteiger partial charge in [0.15, 0.2) is 0 Å². The zero-order valence-corrected chi connectivity index (χ0v) is 12.1. The van der Waals surface area contributed by atoms with E-state index in [1.807, 2.05) is 30.3 Å². The molecule has 110 valence electrons. The van der Waals surface area contributed by atoms with Gasteiger partial charge in [-0.3, -0.25) is 9.36 Å². The third-order valence-electron chi connectivity index (χ3n) is 3.71. The molecule has 3 nitrogen and oxygen atoms in total. The predicted molar refractivity (Wildman–Crippen MR) is 83.1 cm³/mol. The number of aromatic nitrogens is 2. The van der Waals surface area contributed by atoms with Crippen LogP contribution in [-0.2, 0) is 0 Å². The molecular formula is C18H15FN2O. The predicted octanol–water partition coefficient (Wildman–Crippen LogP) is 4.13. The molecule has 0 aliphatic carbocycles. The van der Waals surface area contributed by atoms with Gasteiger partial charge >= 0.3 is 0 Å². The first-order valence-corrected chi connectivity index (χ1v) is 7.04. The highest BCUT2D eigenvalue weighted by Crippen LogP contribution is 2.26. The quantitative estimate of drug-likeness (QED) is 0.728. The van der Waals surface area contributed by atoms with Gasteiger partial charge in [-0.25, -0.2) is 9.37 Å². The van der Waals surface area contributed by atoms with E-state index >= 15 is 0 Å². The second kappa shape index (κ2) is 5.93. The van der Waals surface area contributed by atoms with E-state index in [1.54, 1.807) is 31.5 Å². The molecule has 1 unspecified atom stereocenters. The van der Waals surface area contributed by atoms with Crippen molar-refractivity contribution in [2.75, 3.05) is 0 Å². The van der Waals surface area contributed by atoms with Crippen molar-refractivity contribution >= 4 is 5.91 Å². The maximum atomic E-state index is 14.4. The molecule has 4 heteroatoms. The van der Waals surface area contributed by atoms with Crippen LogP contribution in [-0.4, -0.2) is 15.5 Å². The third kappa shape index (κ3) is 2.68. The second-order valence-electron chi connectivity index (χ2n) is 5.14. The van der Waals surface area contributed by atoms with Crippen LogP contribution in [0, 0.1) is 5.82 Å². The molecule has 0 spiro atoms. The summed E-state index contributed by atoms with van der Waals surface area (Å²) < 4.78 is 15.8. The fourth-order valence-electron chi connectivity index (χ4n) is 2.41. The normalized spacial score (nSPS) is 12.1. The molecule has 3 aromatic rings. The standard InChI is InChI=1S/C18H15FN2O/c1-13(18(22)21-10-9-20-12-21)15-7-8-16(17(19)11-15)14-5-3-2-4-6-14/h2-13H,1H3. The van der Waals surface area contributed by atoms with E-state index in [0.29, 0.717) is 11.1 Å². The van der Waals surface area contributed by atoms with Crippen molar-refractivity contribution in [2.24, 2.45) is 0 Å². The summed E-state index contributed by atoms with van der Waals surface area (Å²) in [5, 5.41) is 0. The molecule has 0 aliphatic rings. The molecule has 0 N–H and O–H groups in total. The van der Waals surface area contributed by atoms with Crippen LogP contribution in [0.15, 0.2) is 67.3 Å². The van der Waals surface area contributed by atoms with Crippen molar-refractivity contribution < 1.29 is 9.18 Å². The minimum atomic E-state index is -0.437. The SMILES string of the molecule is CC(C(=O)n1ccnc1)c1ccc(-c2ccccc2)c(F)c1. The van der Waals surface area contributed by atoms with Crippen LogP contribution < -0.4 is 0 Å². The van der Waals surface area contributed by atoms with Gasteiger partial charge in [0.2, 0.25) is 5.91 Å². The zero-order chi connectivity index (χ0) is 15.5. The summed E-state index contributed by atoms with van der Waals surface area (Å²) in [6.45, 7) is 1.76. The fraction of sp³-hybridized carbons (Fsp3) is 0.111. The van der Waals surface area contributed by atoms with Gasteiger partial charge in [0.1, 0.15) is 12.1 Å². The van der Waals surface area contributed by atoms with E-state index < -0.39 is 5.92 Å². The summed E-state index contributed by atoms with van der Waals surface area (Å²) in [6, 6.07) is 14.3. The molecule has 1 atom stereocenters. The number of rotatable bonds is 3. The molecule has 22 heavy (non-hydrogen) atoms. The van der Waals surface area contributed by atoms with Crippen molar-refractivity contribution in [1.82, 2.24) is 9.55 Å². The van der Waals surface area contributed by atoms with Crippen LogP contribution in [0.5, 0.6) is 0 Å². The highest BCUT2D eigenvalue weighted by Gasteiger charge is 2.18. The van der Waals surface area contributed by atoms with Crippen molar-refractivity contribution in [1.29, 1.82) is 0 Å². The first-order valence-electron chi connectivity index (χ1n) is 7.04. The van der Waals surface area contributed by atoms with Gasteiger partial charge in [0.25, 0.3) is 0 Å². The lowest BCUT2D eigenvalue weighted by atomic mass is 9.96. The maximum Gasteiger partial charge on any atom is 0.239 e. The van der Waals surface area contributed by atoms with E-state index in [0.717, 1.165) is 5.56 Å². The molecule has 0 amide bonds. The average Bonchev–Trinajstić information content (AvgIpc) is 3.08. The van der Waals surface area contributed by atoms with E-state index in [2.05, 4.69) is 4.98 Å². The third-order valence-corrected chi connectivity index (χ3v) is 3.71. The van der Waals surface area contributed by atoms with Crippen LogP contribution in [0.2, 0.25) is 0 Å². The van der Waals surface area contributed by atoms with Crippen LogP contribution >= 0.6 is 0 Å². The number of benzene rings is 2. The Morgan fingerprint density at radius 1 is 1.18 bits per heavy atom. The number of halogens is 1. The van der Waals surface area contributed by atoms with Gasteiger partial charge in [0, 0.05) is 18.0 Å². The number of hydrogen-bond donors (Lipinski definition) is 0. The Hall–Kier alpha value is -2.75. The molecule has 0 aliphatic heterocycles. The molecule has 2 aromatic carbocycles. The summed E-state index contributed by atoms with van der Waals surface area (Å²) >= 11 is 0. The van der Waals surface area contributed by atoms with Crippen molar-refractivity contribution in [2.45, 2.75) is 12.8 Å². The number of imidazole rings is 1. The number of hydrogen-bond acceptors (Lipinski definition) is 2. The number of nitrogens with zero attached hydrogens (tertiary/aromatic N) is 2. The first-order chi connectivity index (χ1) is 10.7. The monoisotopic (exact) mass is 294 g/mol. The van der Waals surface area contributed by atoms with Crippen molar-refractivity contribution in [3.8, 4) is 11.1 Å². The molecular weight excluding hydrogens is 279 g/mol. The van der Waals surface area contributed by atoms with Crippen LogP contribution in [0.3, 0.4) is 0 Å². The Bertz CT molecular complexity index is 782. The van der Waals surface area contributed by atoms with Gasteiger partial charge in [-0.15, -0.1) is 0 Å². The Kier molecular flexibility index (Phi) is 3.83. The Balaban J connectivity index is 1.90. The lowest BCUT2D eigenvalue weighted by molar-refractivity contribution is 0.0884. The molecule has 3 rings (SSSR count). The topological polar surface area (TPSA) is 34.9 Å². The number of carbonyl (C=O) groups is 1. The van der Waals surface area contributed by atoms with E-state index in [9.17, 15) is 9.18 Å². The van der Waals surface area contributed by atoms with Crippen molar-refractivity contribution in [3.63, 3.8) is 0 Å². The minimum absolute atomic E-state index is 0.135. The Labute approximate surface area is 128 Å². The molecule has 0 saturated heterocycles. The van der Waals surface area contributed by atoms with Crippen LogP contribution in [0.1, 0.15) is 23.2 Å². The lowest BCUT2D eigenvalue weighted by Crippen LogP contribution is -2.16. The fourth-order valence-corrected chi connectivity index (χ4v) is 2.41. The van der Waals surface area contributed by atoms with Crippen molar-refractivity contribution in [3.05, 3.63) is 78.6 Å². The summed E-state index contributed by atoms with van der Waals surface area (Å²) in [7, 11) is 0. The highest BCUT2D eigenvalue weighted by atomic mass is 19.1. The molecule has 1 aromatic heterocycles. The number of carbonyl (C=O) groups excluding carboxylic acids is 1. The summed E-state index contributed by atoms with van der Waals surface area (Å²) in [5.41, 5.74) is 2.00. The average molecular weight is 294 g/mol. The smallest absolute Gasteiger partial charge is 0.239 e. The molecule has 0 saturated carbocycles. The van der Waals surface area contributed by atoms with Crippen LogP contribution in [0.4, 0.5) is 4.39 Å². The minimum Gasteiger partial charge on any atom is -0.276 e. The van der Waals surface area contributed by atoms with Gasteiger partial charge in [-0.05, 0) is 24.1 Å². The van der Waals surface area contributed by atoms with E-state index in [1.165, 1.54) is 17.0 Å². The largest absolute Gasteiger partial charge is 0.276 e. The van der Waals surface area contributed by atoms with Gasteiger partial charge < -0.3 is 0 Å². The van der Waals surface area contributed by atoms with Crippen LogP contribution in [0.25, 0.3) is 11.1 Å². The maximum absolute atomic E-state index is 14.4. The van der Waals surface area contributed by atoms with Gasteiger partial charge in [-0.2, -0.15) is 0 Å². The first kappa shape index (κ1) is 14.2. The lowest BCUT2D eigenvalue weighted by Gasteiger charge is -2.13. The van der Waals surface area contributed by atoms with Gasteiger partial charge in [0.05, 0.1) is 5.92 Å². The second-order valence-corrected chi connectivity index (χ2v) is 5.14. The molecule has 1 heterocycles. The van der Waals surface area contributed by atoms with Gasteiger partial charge in [-0.1, -0.05) is 42.5 Å². The van der Waals surface area contributed by atoms with E-state index in [-0.39, 0.29) is 11.7 Å². The summed E-state index contributed by atoms with van der Waals surface area (Å²) in [5.74, 6) is -0.896. The Morgan fingerprint density at radius 2 is 1.95 bits per heavy atom. The zero-order valence-electron chi connectivity index (χ0n) is 12.1. The Morgan fingerprint density at radius 3 is 2.59 bits per heavy atom. The summed E-state index contributed by atoms with van der Waals surface area (Å²) in [6.07, 6.45) is 4.59. The van der Waals surface area contributed by atoms with E-state index in [4.69, 9.17) is 0 Å².